The van der Waals surface area contributed by atoms with Crippen molar-refractivity contribution in [1.82, 2.24) is 9.78 Å². The molecular weight excluding hydrogens is 502 g/mol. The normalized spacial score (nSPS) is 11.8. The highest BCUT2D eigenvalue weighted by molar-refractivity contribution is 7.90. The fourth-order valence-corrected chi connectivity index (χ4v) is 3.94. The lowest BCUT2D eigenvalue weighted by Crippen LogP contribution is -2.17. The second kappa shape index (κ2) is 9.46. The Hall–Kier alpha value is -4.19. The smallest absolute Gasteiger partial charge is 0.406 e. The summed E-state index contributed by atoms with van der Waals surface area (Å²) in [6.45, 7) is 0. The standard InChI is InChI=1S/C24H17F4N3O4S/c1-36(33,34)20-11-5-15(6-12-20)22-21(23(32)29-17-4-2-3-16(25)13-17)14-31(30-22)18-7-9-19(10-8-18)35-24(26,27)28/h2-14H,1H3,(H,29,32). The molecule has 1 aromatic heterocycles. The number of rotatable bonds is 6. The largest absolute Gasteiger partial charge is 0.573 e. The van der Waals surface area contributed by atoms with Crippen molar-refractivity contribution in [3.63, 3.8) is 0 Å². The Kier molecular flexibility index (Phi) is 6.55. The summed E-state index contributed by atoms with van der Waals surface area (Å²) in [4.78, 5) is 13.1. The maximum absolute atomic E-state index is 13.6. The van der Waals surface area contributed by atoms with Crippen molar-refractivity contribution in [2.45, 2.75) is 11.3 Å². The minimum atomic E-state index is -4.85. The van der Waals surface area contributed by atoms with Gasteiger partial charge in [0.2, 0.25) is 0 Å². The average Bonchev–Trinajstić information content (AvgIpc) is 3.24. The number of alkyl halides is 3. The Morgan fingerprint density at radius 3 is 2.25 bits per heavy atom. The van der Waals surface area contributed by atoms with Gasteiger partial charge in [-0.15, -0.1) is 13.2 Å². The van der Waals surface area contributed by atoms with E-state index in [-0.39, 0.29) is 21.8 Å². The Balaban J connectivity index is 1.73. The van der Waals surface area contributed by atoms with Crippen LogP contribution >= 0.6 is 0 Å². The number of halogens is 4. The third kappa shape index (κ3) is 5.89. The molecule has 36 heavy (non-hydrogen) atoms. The number of ether oxygens (including phenoxy) is 1. The zero-order valence-corrected chi connectivity index (χ0v) is 19.3. The van der Waals surface area contributed by atoms with Crippen molar-refractivity contribution >= 4 is 21.4 Å². The minimum absolute atomic E-state index is 0.0574. The van der Waals surface area contributed by atoms with Crippen molar-refractivity contribution in [3.8, 4) is 22.7 Å². The molecule has 7 nitrogen and oxygen atoms in total. The molecule has 0 radical (unpaired) electrons. The molecule has 0 atom stereocenters. The number of carbonyl (C=O) groups excluding carboxylic acids is 1. The molecule has 0 saturated heterocycles. The van der Waals surface area contributed by atoms with Crippen LogP contribution in [0.5, 0.6) is 5.75 Å². The maximum atomic E-state index is 13.6. The molecule has 3 aromatic carbocycles. The van der Waals surface area contributed by atoms with Gasteiger partial charge in [0.15, 0.2) is 9.84 Å². The highest BCUT2D eigenvalue weighted by atomic mass is 32.2. The van der Waals surface area contributed by atoms with E-state index in [4.69, 9.17) is 0 Å². The second-order valence-corrected chi connectivity index (χ2v) is 9.65. The van der Waals surface area contributed by atoms with E-state index >= 15 is 0 Å². The number of nitrogens with one attached hydrogen (secondary N) is 1. The molecule has 0 fully saturated rings. The van der Waals surface area contributed by atoms with Gasteiger partial charge in [-0.2, -0.15) is 5.10 Å². The van der Waals surface area contributed by atoms with Crippen molar-refractivity contribution in [1.29, 1.82) is 0 Å². The first-order chi connectivity index (χ1) is 16.9. The number of anilines is 1. The molecule has 0 aliphatic carbocycles. The van der Waals surface area contributed by atoms with Gasteiger partial charge < -0.3 is 10.1 Å². The number of hydrogen-bond acceptors (Lipinski definition) is 5. The molecular formula is C24H17F4N3O4S. The molecule has 0 saturated carbocycles. The number of hydrogen-bond donors (Lipinski definition) is 1. The molecule has 186 valence electrons. The number of benzene rings is 3. The first kappa shape index (κ1) is 24.9. The predicted molar refractivity (Wildman–Crippen MR) is 123 cm³/mol. The van der Waals surface area contributed by atoms with Gasteiger partial charge in [0.05, 0.1) is 16.1 Å². The van der Waals surface area contributed by atoms with Crippen molar-refractivity contribution in [3.05, 3.63) is 90.4 Å². The van der Waals surface area contributed by atoms with E-state index in [0.717, 1.165) is 24.5 Å². The van der Waals surface area contributed by atoms with Gasteiger partial charge in [0.1, 0.15) is 17.3 Å². The fourth-order valence-electron chi connectivity index (χ4n) is 3.31. The number of carbonyl (C=O) groups is 1. The summed E-state index contributed by atoms with van der Waals surface area (Å²) < 4.78 is 79.7. The van der Waals surface area contributed by atoms with Crippen LogP contribution in [0.4, 0.5) is 23.2 Å². The fraction of sp³-hybridized carbons (Fsp3) is 0.0833. The zero-order chi connectivity index (χ0) is 26.1. The molecule has 1 amide bonds. The summed E-state index contributed by atoms with van der Waals surface area (Å²) in [6, 6.07) is 15.8. The molecule has 0 aliphatic heterocycles. The summed E-state index contributed by atoms with van der Waals surface area (Å²) in [5.74, 6) is -1.62. The molecule has 12 heteroatoms. The molecule has 0 aliphatic rings. The number of nitrogens with zero attached hydrogens (tertiary/aromatic N) is 2. The topological polar surface area (TPSA) is 90.3 Å². The van der Waals surface area contributed by atoms with Crippen molar-refractivity contribution in [2.24, 2.45) is 0 Å². The first-order valence-electron chi connectivity index (χ1n) is 10.2. The van der Waals surface area contributed by atoms with E-state index < -0.39 is 33.7 Å². The molecule has 4 aromatic rings. The van der Waals surface area contributed by atoms with E-state index in [1.54, 1.807) is 0 Å². The van der Waals surface area contributed by atoms with Crippen LogP contribution in [-0.4, -0.2) is 36.7 Å². The van der Waals surface area contributed by atoms with Crippen LogP contribution in [0.1, 0.15) is 10.4 Å². The zero-order valence-electron chi connectivity index (χ0n) is 18.5. The minimum Gasteiger partial charge on any atom is -0.406 e. The molecule has 0 unspecified atom stereocenters. The Labute approximate surface area is 202 Å². The number of aromatic nitrogens is 2. The third-order valence-corrected chi connectivity index (χ3v) is 6.06. The van der Waals surface area contributed by atoms with Crippen LogP contribution in [0, 0.1) is 5.82 Å². The SMILES string of the molecule is CS(=O)(=O)c1ccc(-c2nn(-c3ccc(OC(F)(F)F)cc3)cc2C(=O)Nc2cccc(F)c2)cc1. The predicted octanol–water partition coefficient (Wildman–Crippen LogP) is 5.23. The summed E-state index contributed by atoms with van der Waals surface area (Å²) >= 11 is 0. The van der Waals surface area contributed by atoms with Crippen molar-refractivity contribution in [2.75, 3.05) is 11.6 Å². The average molecular weight is 519 g/mol. The lowest BCUT2D eigenvalue weighted by molar-refractivity contribution is -0.274. The van der Waals surface area contributed by atoms with Crippen molar-refractivity contribution < 1.29 is 35.5 Å². The lowest BCUT2D eigenvalue weighted by atomic mass is 10.1. The highest BCUT2D eigenvalue weighted by Crippen LogP contribution is 2.28. The summed E-state index contributed by atoms with van der Waals surface area (Å²) in [7, 11) is -3.46. The molecule has 0 bridgehead atoms. The summed E-state index contributed by atoms with van der Waals surface area (Å²) in [5, 5.41) is 6.97. The summed E-state index contributed by atoms with van der Waals surface area (Å²) in [5.41, 5.74) is 1.15. The van der Waals surface area contributed by atoms with Crippen LogP contribution in [-0.2, 0) is 9.84 Å². The molecule has 4 rings (SSSR count). The van der Waals surface area contributed by atoms with E-state index in [2.05, 4.69) is 15.2 Å². The maximum Gasteiger partial charge on any atom is 0.573 e. The third-order valence-electron chi connectivity index (χ3n) is 4.93. The van der Waals surface area contributed by atoms with Gasteiger partial charge in [-0.3, -0.25) is 4.79 Å². The Morgan fingerprint density at radius 2 is 1.67 bits per heavy atom. The van der Waals surface area contributed by atoms with Gasteiger partial charge in [-0.1, -0.05) is 18.2 Å². The van der Waals surface area contributed by atoms with Gasteiger partial charge in [0, 0.05) is 23.7 Å². The van der Waals surface area contributed by atoms with Gasteiger partial charge in [-0.25, -0.2) is 17.5 Å². The van der Waals surface area contributed by atoms with Crippen LogP contribution in [0.3, 0.4) is 0 Å². The van der Waals surface area contributed by atoms with Crippen LogP contribution in [0.2, 0.25) is 0 Å². The number of sulfone groups is 1. The molecule has 1 N–H and O–H groups in total. The van der Waals surface area contributed by atoms with E-state index in [9.17, 15) is 30.8 Å². The Bertz CT molecular complexity index is 1510. The van der Waals surface area contributed by atoms with Gasteiger partial charge in [0.25, 0.3) is 5.91 Å². The Morgan fingerprint density at radius 1 is 1.00 bits per heavy atom. The van der Waals surface area contributed by atoms with Crippen LogP contribution in [0.25, 0.3) is 16.9 Å². The monoisotopic (exact) mass is 519 g/mol. The van der Waals surface area contributed by atoms with Crippen LogP contribution in [0.15, 0.2) is 83.9 Å². The summed E-state index contributed by atoms with van der Waals surface area (Å²) in [6.07, 6.45) is -2.44. The van der Waals surface area contributed by atoms with E-state index in [0.29, 0.717) is 11.3 Å². The highest BCUT2D eigenvalue weighted by Gasteiger charge is 2.31. The molecule has 0 spiro atoms. The van der Waals surface area contributed by atoms with E-state index in [1.807, 2.05) is 0 Å². The first-order valence-corrected chi connectivity index (χ1v) is 12.1. The van der Waals surface area contributed by atoms with Gasteiger partial charge >= 0.3 is 6.36 Å². The number of amides is 1. The quantitative estimate of drug-likeness (QED) is 0.352. The molecule has 1 heterocycles. The second-order valence-electron chi connectivity index (χ2n) is 7.64. The van der Waals surface area contributed by atoms with Gasteiger partial charge in [-0.05, 0) is 54.6 Å². The lowest BCUT2D eigenvalue weighted by Gasteiger charge is -2.09. The van der Waals surface area contributed by atoms with Crippen LogP contribution < -0.4 is 10.1 Å². The van der Waals surface area contributed by atoms with E-state index in [1.165, 1.54) is 65.5 Å².